The molecule has 0 saturated carbocycles. The predicted octanol–water partition coefficient (Wildman–Crippen LogP) is 13.2. The number of aromatic nitrogens is 1. The Kier molecular flexibility index (Phi) is 6.13. The van der Waals surface area contributed by atoms with Crippen molar-refractivity contribution in [2.24, 2.45) is 4.99 Å². The van der Waals surface area contributed by atoms with Crippen LogP contribution in [0.4, 0.5) is 5.88 Å². The highest BCUT2D eigenvalue weighted by Gasteiger charge is 2.36. The number of nitrogens with zero attached hydrogens (tertiary/aromatic N) is 2. The van der Waals surface area contributed by atoms with Crippen molar-refractivity contribution >= 4 is 72.0 Å². The fraction of sp³-hybridized carbons (Fsp3) is 0.0208. The molecule has 7 aromatic carbocycles. The molecule has 4 heteroatoms. The molecule has 0 fully saturated rings. The van der Waals surface area contributed by atoms with E-state index in [0.717, 1.165) is 99.5 Å². The zero-order valence-electron chi connectivity index (χ0n) is 28.1. The van der Waals surface area contributed by atoms with Crippen LogP contribution in [0.25, 0.3) is 82.5 Å². The van der Waals surface area contributed by atoms with Gasteiger partial charge < -0.3 is 8.83 Å². The lowest BCUT2D eigenvalue weighted by molar-refractivity contribution is 0.622. The second-order valence-electron chi connectivity index (χ2n) is 13.5. The second kappa shape index (κ2) is 11.0. The number of hydrogen-bond acceptors (Lipinski definition) is 3. The first kappa shape index (κ1) is 28.9. The lowest BCUT2D eigenvalue weighted by Gasteiger charge is -2.29. The van der Waals surface area contributed by atoms with Gasteiger partial charge in [-0.05, 0) is 52.1 Å². The lowest BCUT2D eigenvalue weighted by atomic mass is 9.81. The summed E-state index contributed by atoms with van der Waals surface area (Å²) in [6.45, 7) is 4.84. The number of rotatable bonds is 3. The molecule has 1 atom stereocenters. The fourth-order valence-corrected chi connectivity index (χ4v) is 8.43. The first-order valence-electron chi connectivity index (χ1n) is 17.6. The summed E-state index contributed by atoms with van der Waals surface area (Å²) in [5.74, 6) is 1.14. The van der Waals surface area contributed by atoms with Crippen LogP contribution in [-0.4, -0.2) is 10.4 Å². The quantitative estimate of drug-likeness (QED) is 0.188. The van der Waals surface area contributed by atoms with E-state index in [1.54, 1.807) is 0 Å². The molecule has 0 amide bonds. The van der Waals surface area contributed by atoms with Crippen molar-refractivity contribution in [3.63, 3.8) is 0 Å². The largest absolute Gasteiger partial charge is 0.455 e. The Morgan fingerprint density at radius 2 is 1.13 bits per heavy atom. The molecule has 52 heavy (non-hydrogen) atoms. The van der Waals surface area contributed by atoms with Crippen LogP contribution in [0.1, 0.15) is 17.0 Å². The van der Waals surface area contributed by atoms with Crippen molar-refractivity contribution in [3.05, 3.63) is 181 Å². The zero-order chi connectivity index (χ0) is 34.3. The molecular weight excluding hydrogens is 637 g/mol. The molecule has 3 aromatic heterocycles. The van der Waals surface area contributed by atoms with Gasteiger partial charge in [0.05, 0.1) is 27.9 Å². The van der Waals surface area contributed by atoms with Crippen LogP contribution in [-0.2, 0) is 0 Å². The van der Waals surface area contributed by atoms with Crippen LogP contribution >= 0.6 is 0 Å². The highest BCUT2D eigenvalue weighted by molar-refractivity contribution is 6.28. The Morgan fingerprint density at radius 3 is 1.96 bits per heavy atom. The van der Waals surface area contributed by atoms with E-state index in [9.17, 15) is 0 Å². The number of furan rings is 2. The molecule has 11 rings (SSSR count). The molecule has 0 radical (unpaired) electrons. The Hall–Kier alpha value is -6.91. The van der Waals surface area contributed by atoms with Gasteiger partial charge in [-0.25, -0.2) is 0 Å². The van der Waals surface area contributed by atoms with E-state index in [2.05, 4.69) is 144 Å². The Balaban J connectivity index is 1.24. The van der Waals surface area contributed by atoms with E-state index >= 15 is 0 Å². The average molecular weight is 667 g/mol. The van der Waals surface area contributed by atoms with Crippen molar-refractivity contribution in [3.8, 4) is 22.3 Å². The van der Waals surface area contributed by atoms with Crippen LogP contribution in [0, 0.1) is 0 Å². The molecule has 4 nitrogen and oxygen atoms in total. The fourth-order valence-electron chi connectivity index (χ4n) is 8.43. The van der Waals surface area contributed by atoms with Gasteiger partial charge in [-0.2, -0.15) is 4.99 Å². The summed E-state index contributed by atoms with van der Waals surface area (Å²) in [5.41, 5.74) is 12.2. The lowest BCUT2D eigenvalue weighted by Crippen LogP contribution is -2.25. The number of hydrogen-bond donors (Lipinski definition) is 0. The normalized spacial score (nSPS) is 14.5. The first-order chi connectivity index (χ1) is 25.7. The summed E-state index contributed by atoms with van der Waals surface area (Å²) >= 11 is 0. The average Bonchev–Trinajstić information content (AvgIpc) is 3.88. The molecule has 10 aromatic rings. The van der Waals surface area contributed by atoms with Gasteiger partial charge in [0.2, 0.25) is 5.88 Å². The minimum Gasteiger partial charge on any atom is -0.455 e. The van der Waals surface area contributed by atoms with E-state index in [0.29, 0.717) is 5.88 Å². The van der Waals surface area contributed by atoms with Crippen LogP contribution < -0.4 is 0 Å². The second-order valence-corrected chi connectivity index (χ2v) is 13.5. The summed E-state index contributed by atoms with van der Waals surface area (Å²) in [4.78, 5) is 5.47. The molecule has 0 saturated heterocycles. The zero-order valence-corrected chi connectivity index (χ0v) is 28.1. The minimum absolute atomic E-state index is 0.278. The predicted molar refractivity (Wildman–Crippen MR) is 215 cm³/mol. The van der Waals surface area contributed by atoms with Gasteiger partial charge in [0, 0.05) is 27.1 Å². The smallest absolute Gasteiger partial charge is 0.229 e. The van der Waals surface area contributed by atoms with Gasteiger partial charge in [-0.15, -0.1) is 0 Å². The number of fused-ring (bicyclic) bond motifs is 10. The first-order valence-corrected chi connectivity index (χ1v) is 17.6. The Bertz CT molecular complexity index is 3090. The minimum atomic E-state index is -0.278. The van der Waals surface area contributed by atoms with Gasteiger partial charge in [0.1, 0.15) is 22.6 Å². The van der Waals surface area contributed by atoms with Crippen molar-refractivity contribution in [2.45, 2.75) is 5.92 Å². The van der Waals surface area contributed by atoms with Crippen molar-refractivity contribution in [2.75, 3.05) is 0 Å². The highest BCUT2D eigenvalue weighted by Crippen LogP contribution is 2.50. The maximum Gasteiger partial charge on any atom is 0.229 e. The van der Waals surface area contributed by atoms with Crippen LogP contribution in [0.5, 0.6) is 0 Å². The molecule has 1 unspecified atom stereocenters. The topological polar surface area (TPSA) is 43.6 Å². The molecule has 1 aliphatic rings. The van der Waals surface area contributed by atoms with E-state index in [4.69, 9.17) is 20.4 Å². The van der Waals surface area contributed by atoms with Crippen LogP contribution in [0.15, 0.2) is 184 Å². The standard InChI is InChI=1S/C48H30N2O2/c1-29-42(34-20-9-8-19-32(34)30-15-4-2-5-16-30)47(49-48-43(29)38-22-11-13-26-41(38)51-48)50-39-25-12-10-21-37(39)44-40(50)28-27-36-35-24-14-23-33(45(35)52-46(36)44)31-17-6-3-7-18-31/h2-28,42H,1H2. The molecular formula is C48H30N2O2. The third-order valence-corrected chi connectivity index (χ3v) is 10.7. The summed E-state index contributed by atoms with van der Waals surface area (Å²) in [6.07, 6.45) is 0. The molecule has 4 heterocycles. The summed E-state index contributed by atoms with van der Waals surface area (Å²) in [5, 5.41) is 5.36. The maximum absolute atomic E-state index is 6.98. The van der Waals surface area contributed by atoms with E-state index in [1.807, 2.05) is 24.3 Å². The number of allylic oxidation sites excluding steroid dienone is 1. The molecule has 244 valence electrons. The molecule has 0 spiro atoms. The third-order valence-electron chi connectivity index (χ3n) is 10.7. The monoisotopic (exact) mass is 666 g/mol. The van der Waals surface area contributed by atoms with Crippen LogP contribution in [0.2, 0.25) is 0 Å². The SMILES string of the molecule is C=C1c2c(oc3ccccc23)N=C(n2c3ccccc3c3c4oc5c(-c6ccccc6)cccc5c4ccc32)C1c1ccccc1-c1ccccc1. The third kappa shape index (κ3) is 4.06. The van der Waals surface area contributed by atoms with E-state index in [1.165, 1.54) is 0 Å². The van der Waals surface area contributed by atoms with Gasteiger partial charge in [0.25, 0.3) is 0 Å². The summed E-state index contributed by atoms with van der Waals surface area (Å²) < 4.78 is 15.8. The molecule has 0 N–H and O–H groups in total. The number of para-hydroxylation sites is 3. The van der Waals surface area contributed by atoms with E-state index < -0.39 is 0 Å². The summed E-state index contributed by atoms with van der Waals surface area (Å²) in [6, 6.07) is 57.2. The van der Waals surface area contributed by atoms with Gasteiger partial charge >= 0.3 is 0 Å². The summed E-state index contributed by atoms with van der Waals surface area (Å²) in [7, 11) is 0. The van der Waals surface area contributed by atoms with Crippen molar-refractivity contribution in [1.82, 2.24) is 4.57 Å². The highest BCUT2D eigenvalue weighted by atomic mass is 16.3. The van der Waals surface area contributed by atoms with Crippen molar-refractivity contribution < 1.29 is 8.83 Å². The Labute approximate surface area is 299 Å². The molecule has 0 bridgehead atoms. The van der Waals surface area contributed by atoms with Crippen molar-refractivity contribution in [1.29, 1.82) is 0 Å². The maximum atomic E-state index is 6.98. The van der Waals surface area contributed by atoms with Gasteiger partial charge in [-0.3, -0.25) is 4.57 Å². The van der Waals surface area contributed by atoms with Gasteiger partial charge in [-0.1, -0.05) is 146 Å². The Morgan fingerprint density at radius 1 is 0.500 bits per heavy atom. The molecule has 1 aliphatic heterocycles. The number of benzene rings is 7. The number of aliphatic imine (C=N–C) groups is 1. The van der Waals surface area contributed by atoms with Crippen LogP contribution in [0.3, 0.4) is 0 Å². The van der Waals surface area contributed by atoms with Gasteiger partial charge in [0.15, 0.2) is 0 Å². The molecule has 0 aliphatic carbocycles. The van der Waals surface area contributed by atoms with E-state index in [-0.39, 0.29) is 5.92 Å².